The lowest BCUT2D eigenvalue weighted by molar-refractivity contribution is 1.14. The summed E-state index contributed by atoms with van der Waals surface area (Å²) in [5.41, 5.74) is 9.66. The molecule has 0 spiro atoms. The van der Waals surface area contributed by atoms with Gasteiger partial charge in [-0.2, -0.15) is 0 Å². The number of anilines is 2. The highest BCUT2D eigenvalue weighted by Crippen LogP contribution is 2.35. The number of nitrogens with one attached hydrogen (secondary N) is 1. The van der Waals surface area contributed by atoms with Gasteiger partial charge in [0.2, 0.25) is 0 Å². The van der Waals surface area contributed by atoms with Gasteiger partial charge in [-0.25, -0.2) is 0 Å². The maximum atomic E-state index is 3.47. The van der Waals surface area contributed by atoms with Gasteiger partial charge in [0.05, 0.1) is 11.0 Å². The van der Waals surface area contributed by atoms with Crippen molar-refractivity contribution in [2.75, 3.05) is 5.32 Å². The van der Waals surface area contributed by atoms with Crippen LogP contribution in [-0.4, -0.2) is 4.57 Å². The second-order valence-electron chi connectivity index (χ2n) is 8.68. The number of para-hydroxylation sites is 2. The Bertz CT molecular complexity index is 1580. The molecule has 0 amide bonds. The first-order chi connectivity index (χ1) is 16.8. The summed E-state index contributed by atoms with van der Waals surface area (Å²) in [5.74, 6) is 0. The van der Waals surface area contributed by atoms with E-state index in [2.05, 4.69) is 120 Å². The third-order valence-corrected chi connectivity index (χ3v) is 6.53. The summed E-state index contributed by atoms with van der Waals surface area (Å²) >= 11 is 0. The number of fused-ring (bicyclic) bond motifs is 3. The van der Waals surface area contributed by atoms with Gasteiger partial charge in [0.1, 0.15) is 0 Å². The number of hydrogen-bond acceptors (Lipinski definition) is 1. The van der Waals surface area contributed by atoms with E-state index >= 15 is 0 Å². The van der Waals surface area contributed by atoms with Crippen LogP contribution >= 0.6 is 0 Å². The molecule has 1 aromatic heterocycles. The summed E-state index contributed by atoms with van der Waals surface area (Å²) < 4.78 is 2.38. The molecule has 0 aliphatic carbocycles. The fraction of sp³-hybridized carbons (Fsp3) is 0.0625. The Morgan fingerprint density at radius 1 is 0.559 bits per heavy atom. The molecule has 5 aromatic carbocycles. The van der Waals surface area contributed by atoms with E-state index in [0.717, 1.165) is 17.8 Å². The molecule has 0 aliphatic rings. The van der Waals surface area contributed by atoms with Gasteiger partial charge in [-0.15, -0.1) is 0 Å². The normalized spacial score (nSPS) is 11.2. The Hall–Kier alpha value is -4.30. The summed E-state index contributed by atoms with van der Waals surface area (Å²) in [4.78, 5) is 0. The van der Waals surface area contributed by atoms with Gasteiger partial charge in [-0.05, 0) is 83.8 Å². The predicted octanol–water partition coefficient (Wildman–Crippen LogP) is 8.76. The minimum absolute atomic E-state index is 1.03. The lowest BCUT2D eigenvalue weighted by atomic mass is 10.0. The zero-order valence-corrected chi connectivity index (χ0v) is 19.2. The van der Waals surface area contributed by atoms with Crippen LogP contribution < -0.4 is 5.32 Å². The van der Waals surface area contributed by atoms with E-state index in [1.54, 1.807) is 0 Å². The Labute approximate surface area is 200 Å². The first-order valence-electron chi connectivity index (χ1n) is 11.9. The second-order valence-corrected chi connectivity index (χ2v) is 8.68. The SMILES string of the molecule is CCc1ccc2c(c1)c1cc(-c3ccc(Nc4ccccc4)cc3)ccc1n2-c1ccccc1. The standard InChI is InChI=1S/C32H26N2/c1-2-23-13-19-31-29(21-23)30-22-25(16-20-32(30)34(31)28-11-7-4-8-12-28)24-14-17-27(18-15-24)33-26-9-5-3-6-10-26/h3-22,33H,2H2,1H3. The topological polar surface area (TPSA) is 17.0 Å². The first-order valence-corrected chi connectivity index (χ1v) is 11.9. The summed E-state index contributed by atoms with van der Waals surface area (Å²) in [6, 6.07) is 43.3. The maximum Gasteiger partial charge on any atom is 0.0541 e. The Kier molecular flexibility index (Phi) is 5.12. The minimum Gasteiger partial charge on any atom is -0.356 e. The van der Waals surface area contributed by atoms with Crippen LogP contribution in [0.4, 0.5) is 11.4 Å². The quantitative estimate of drug-likeness (QED) is 0.285. The lowest BCUT2D eigenvalue weighted by Crippen LogP contribution is -1.93. The van der Waals surface area contributed by atoms with Crippen LogP contribution in [0, 0.1) is 0 Å². The van der Waals surface area contributed by atoms with Gasteiger partial charge in [0.25, 0.3) is 0 Å². The van der Waals surface area contributed by atoms with E-state index in [-0.39, 0.29) is 0 Å². The Morgan fingerprint density at radius 2 is 1.15 bits per heavy atom. The van der Waals surface area contributed by atoms with E-state index in [1.807, 2.05) is 18.2 Å². The molecule has 0 aliphatic heterocycles. The molecule has 0 bridgehead atoms. The molecule has 1 heterocycles. The highest BCUT2D eigenvalue weighted by atomic mass is 15.0. The van der Waals surface area contributed by atoms with Crippen molar-refractivity contribution in [2.45, 2.75) is 13.3 Å². The number of rotatable bonds is 5. The van der Waals surface area contributed by atoms with Crippen LogP contribution in [-0.2, 0) is 6.42 Å². The average Bonchev–Trinajstić information content (AvgIpc) is 3.23. The molecule has 164 valence electrons. The largest absolute Gasteiger partial charge is 0.356 e. The van der Waals surface area contributed by atoms with Crippen molar-refractivity contribution in [3.05, 3.63) is 127 Å². The van der Waals surface area contributed by atoms with Gasteiger partial charge in [-0.3, -0.25) is 0 Å². The van der Waals surface area contributed by atoms with Crippen molar-refractivity contribution in [1.82, 2.24) is 4.57 Å². The van der Waals surface area contributed by atoms with Gasteiger partial charge in [0, 0.05) is 27.8 Å². The van der Waals surface area contributed by atoms with E-state index in [0.29, 0.717) is 0 Å². The van der Waals surface area contributed by atoms with E-state index in [1.165, 1.54) is 44.2 Å². The van der Waals surface area contributed by atoms with E-state index in [9.17, 15) is 0 Å². The third kappa shape index (κ3) is 3.64. The zero-order chi connectivity index (χ0) is 22.9. The summed E-state index contributed by atoms with van der Waals surface area (Å²) in [7, 11) is 0. The molecule has 0 fully saturated rings. The molecular formula is C32H26N2. The van der Waals surface area contributed by atoms with Crippen molar-refractivity contribution in [3.8, 4) is 16.8 Å². The average molecular weight is 439 g/mol. The molecule has 0 atom stereocenters. The molecule has 6 rings (SSSR count). The van der Waals surface area contributed by atoms with Crippen molar-refractivity contribution >= 4 is 33.2 Å². The Balaban J connectivity index is 1.45. The maximum absolute atomic E-state index is 3.47. The number of hydrogen-bond donors (Lipinski definition) is 1. The van der Waals surface area contributed by atoms with Crippen LogP contribution in [0.15, 0.2) is 121 Å². The number of benzene rings is 5. The molecule has 0 saturated heterocycles. The van der Waals surface area contributed by atoms with Gasteiger partial charge in [-0.1, -0.05) is 67.6 Å². The van der Waals surface area contributed by atoms with Crippen LogP contribution in [0.3, 0.4) is 0 Å². The molecule has 2 nitrogen and oxygen atoms in total. The van der Waals surface area contributed by atoms with Crippen molar-refractivity contribution in [1.29, 1.82) is 0 Å². The zero-order valence-electron chi connectivity index (χ0n) is 19.2. The summed E-state index contributed by atoms with van der Waals surface area (Å²) in [5, 5.41) is 6.06. The van der Waals surface area contributed by atoms with Crippen LogP contribution in [0.1, 0.15) is 12.5 Å². The summed E-state index contributed by atoms with van der Waals surface area (Å²) in [6.07, 6.45) is 1.03. The highest BCUT2D eigenvalue weighted by Gasteiger charge is 2.13. The van der Waals surface area contributed by atoms with Gasteiger partial charge >= 0.3 is 0 Å². The fourth-order valence-corrected chi connectivity index (χ4v) is 4.76. The molecule has 0 unspecified atom stereocenters. The second kappa shape index (κ2) is 8.57. The molecular weight excluding hydrogens is 412 g/mol. The molecule has 34 heavy (non-hydrogen) atoms. The van der Waals surface area contributed by atoms with Crippen LogP contribution in [0.2, 0.25) is 0 Å². The van der Waals surface area contributed by atoms with Gasteiger partial charge in [0.15, 0.2) is 0 Å². The molecule has 1 N–H and O–H groups in total. The van der Waals surface area contributed by atoms with Crippen LogP contribution in [0.5, 0.6) is 0 Å². The molecule has 0 radical (unpaired) electrons. The number of nitrogens with zero attached hydrogens (tertiary/aromatic N) is 1. The summed E-state index contributed by atoms with van der Waals surface area (Å²) in [6.45, 7) is 2.22. The van der Waals surface area contributed by atoms with Crippen molar-refractivity contribution in [3.63, 3.8) is 0 Å². The van der Waals surface area contributed by atoms with Crippen LogP contribution in [0.25, 0.3) is 38.6 Å². The molecule has 0 saturated carbocycles. The fourth-order valence-electron chi connectivity index (χ4n) is 4.76. The van der Waals surface area contributed by atoms with Crippen molar-refractivity contribution < 1.29 is 0 Å². The smallest absolute Gasteiger partial charge is 0.0541 e. The third-order valence-electron chi connectivity index (χ3n) is 6.53. The molecule has 2 heteroatoms. The van der Waals surface area contributed by atoms with E-state index < -0.39 is 0 Å². The van der Waals surface area contributed by atoms with Gasteiger partial charge < -0.3 is 9.88 Å². The molecule has 6 aromatic rings. The monoisotopic (exact) mass is 438 g/mol. The van der Waals surface area contributed by atoms with E-state index in [4.69, 9.17) is 0 Å². The Morgan fingerprint density at radius 3 is 1.85 bits per heavy atom. The highest BCUT2D eigenvalue weighted by molar-refractivity contribution is 6.10. The minimum atomic E-state index is 1.03. The number of aromatic nitrogens is 1. The first kappa shape index (κ1) is 20.3. The number of aryl methyl sites for hydroxylation is 1. The lowest BCUT2D eigenvalue weighted by Gasteiger charge is -2.09. The predicted molar refractivity (Wildman–Crippen MR) is 145 cm³/mol. The van der Waals surface area contributed by atoms with Crippen molar-refractivity contribution in [2.24, 2.45) is 0 Å².